The average Bonchev–Trinajstić information content (AvgIpc) is 2.67. The van der Waals surface area contributed by atoms with E-state index in [4.69, 9.17) is 0 Å². The lowest BCUT2D eigenvalue weighted by atomic mass is 9.93. The number of unbranched alkanes of at least 4 members (excludes halogenated alkanes) is 1. The van der Waals surface area contributed by atoms with Crippen LogP contribution in [0.15, 0.2) is 60.7 Å². The number of hydrogen-bond acceptors (Lipinski definition) is 1. The van der Waals surface area contributed by atoms with Crippen LogP contribution in [0.25, 0.3) is 0 Å². The highest BCUT2D eigenvalue weighted by Crippen LogP contribution is 2.49. The van der Waals surface area contributed by atoms with Crippen molar-refractivity contribution in [2.75, 3.05) is 13.1 Å². The monoisotopic (exact) mass is 341 g/mol. The van der Waals surface area contributed by atoms with Gasteiger partial charge in [0.05, 0.1) is 0 Å². The standard InChI is InChI=1S/C21H28NOP/c1-2-3-10-19-15-17-22(18-16-19)24(23,20-11-6-4-7-12-20)21-13-8-5-9-14-21/h4-9,11-14,19H,2-3,10,15-18H2,1H3. The first-order valence-corrected chi connectivity index (χ1v) is 10.9. The van der Waals surface area contributed by atoms with Crippen molar-refractivity contribution in [3.05, 3.63) is 60.7 Å². The van der Waals surface area contributed by atoms with Crippen LogP contribution in [0, 0.1) is 5.92 Å². The van der Waals surface area contributed by atoms with Crippen LogP contribution in [0.4, 0.5) is 0 Å². The first-order chi connectivity index (χ1) is 11.7. The molecule has 1 aliphatic heterocycles. The van der Waals surface area contributed by atoms with Crippen molar-refractivity contribution >= 4 is 17.9 Å². The van der Waals surface area contributed by atoms with Crippen LogP contribution in [-0.4, -0.2) is 17.8 Å². The van der Waals surface area contributed by atoms with Gasteiger partial charge in [-0.2, -0.15) is 0 Å². The molecular formula is C21H28NOP. The van der Waals surface area contributed by atoms with Gasteiger partial charge in [-0.3, -0.25) is 4.57 Å². The summed E-state index contributed by atoms with van der Waals surface area (Å²) in [5, 5.41) is 1.92. The quantitative estimate of drug-likeness (QED) is 0.702. The number of rotatable bonds is 6. The molecule has 0 bridgehead atoms. The second kappa shape index (κ2) is 8.14. The van der Waals surface area contributed by atoms with Crippen LogP contribution >= 0.6 is 7.29 Å². The Hall–Kier alpha value is -1.37. The van der Waals surface area contributed by atoms with Gasteiger partial charge in [0.25, 0.3) is 0 Å². The van der Waals surface area contributed by atoms with Crippen molar-refractivity contribution in [3.63, 3.8) is 0 Å². The first kappa shape index (κ1) is 17.5. The molecule has 1 fully saturated rings. The van der Waals surface area contributed by atoms with Crippen molar-refractivity contribution in [1.82, 2.24) is 4.67 Å². The van der Waals surface area contributed by atoms with Gasteiger partial charge in [-0.05, 0) is 43.0 Å². The Morgan fingerprint density at radius 1 is 0.917 bits per heavy atom. The van der Waals surface area contributed by atoms with Gasteiger partial charge < -0.3 is 0 Å². The van der Waals surface area contributed by atoms with E-state index in [-0.39, 0.29) is 0 Å². The zero-order chi connectivity index (χ0) is 16.8. The predicted octanol–water partition coefficient (Wildman–Crippen LogP) is 4.82. The van der Waals surface area contributed by atoms with Gasteiger partial charge in [0.15, 0.2) is 0 Å². The Bertz CT molecular complexity index is 619. The molecule has 0 radical (unpaired) electrons. The molecule has 128 valence electrons. The normalized spacial score (nSPS) is 17.0. The Balaban J connectivity index is 1.86. The molecule has 2 aromatic carbocycles. The lowest BCUT2D eigenvalue weighted by Crippen LogP contribution is -2.38. The van der Waals surface area contributed by atoms with Gasteiger partial charge in [0, 0.05) is 23.7 Å². The summed E-state index contributed by atoms with van der Waals surface area (Å²) in [7, 11) is -2.72. The fourth-order valence-electron chi connectivity index (χ4n) is 3.72. The summed E-state index contributed by atoms with van der Waals surface area (Å²) >= 11 is 0. The Morgan fingerprint density at radius 2 is 1.42 bits per heavy atom. The van der Waals surface area contributed by atoms with Gasteiger partial charge in [0.2, 0.25) is 7.29 Å². The minimum absolute atomic E-state index is 0.807. The molecular weight excluding hydrogens is 313 g/mol. The van der Waals surface area contributed by atoms with Crippen molar-refractivity contribution in [2.45, 2.75) is 39.0 Å². The molecule has 0 amide bonds. The van der Waals surface area contributed by atoms with Crippen LogP contribution in [0.5, 0.6) is 0 Å². The van der Waals surface area contributed by atoms with Gasteiger partial charge in [-0.25, -0.2) is 4.67 Å². The van der Waals surface area contributed by atoms with E-state index >= 15 is 0 Å². The number of hydrogen-bond donors (Lipinski definition) is 0. The number of benzene rings is 2. The summed E-state index contributed by atoms with van der Waals surface area (Å²) in [6, 6.07) is 20.1. The van der Waals surface area contributed by atoms with Gasteiger partial charge in [0.1, 0.15) is 0 Å². The summed E-state index contributed by atoms with van der Waals surface area (Å²) in [5.74, 6) is 0.807. The number of piperidine rings is 1. The van der Waals surface area contributed by atoms with Crippen LogP contribution in [0.3, 0.4) is 0 Å². The summed E-state index contributed by atoms with van der Waals surface area (Å²) in [6.07, 6.45) is 6.26. The lowest BCUT2D eigenvalue weighted by molar-refractivity contribution is 0.262. The maximum atomic E-state index is 14.2. The summed E-state index contributed by atoms with van der Waals surface area (Å²) < 4.78 is 16.5. The molecule has 1 aliphatic rings. The van der Waals surface area contributed by atoms with E-state index in [1.165, 1.54) is 32.1 Å². The second-order valence-electron chi connectivity index (χ2n) is 6.79. The van der Waals surface area contributed by atoms with E-state index in [1.807, 2.05) is 60.7 Å². The highest BCUT2D eigenvalue weighted by molar-refractivity contribution is 7.76. The SMILES string of the molecule is CCCCC1CCN(P(=O)(c2ccccc2)c2ccccc2)CC1. The zero-order valence-corrected chi connectivity index (χ0v) is 15.5. The highest BCUT2D eigenvalue weighted by atomic mass is 31.2. The largest absolute Gasteiger partial charge is 0.296 e. The minimum Gasteiger partial charge on any atom is -0.296 e. The summed E-state index contributed by atoms with van der Waals surface area (Å²) in [5.41, 5.74) is 0. The van der Waals surface area contributed by atoms with E-state index in [0.717, 1.165) is 29.6 Å². The van der Waals surface area contributed by atoms with E-state index < -0.39 is 7.29 Å². The third-order valence-corrected chi connectivity index (χ3v) is 8.36. The third-order valence-electron chi connectivity index (χ3n) is 5.17. The van der Waals surface area contributed by atoms with E-state index in [2.05, 4.69) is 11.6 Å². The highest BCUT2D eigenvalue weighted by Gasteiger charge is 2.36. The van der Waals surface area contributed by atoms with Crippen LogP contribution < -0.4 is 10.6 Å². The smallest absolute Gasteiger partial charge is 0.207 e. The van der Waals surface area contributed by atoms with Crippen molar-refractivity contribution in [2.24, 2.45) is 5.92 Å². The maximum absolute atomic E-state index is 14.2. The molecule has 24 heavy (non-hydrogen) atoms. The topological polar surface area (TPSA) is 20.3 Å². The molecule has 0 saturated carbocycles. The predicted molar refractivity (Wildman–Crippen MR) is 104 cm³/mol. The molecule has 3 rings (SSSR count). The molecule has 0 spiro atoms. The van der Waals surface area contributed by atoms with Gasteiger partial charge in [-0.15, -0.1) is 0 Å². The van der Waals surface area contributed by atoms with E-state index in [0.29, 0.717) is 0 Å². The first-order valence-electron chi connectivity index (χ1n) is 9.22. The molecule has 0 aromatic heterocycles. The van der Waals surface area contributed by atoms with Crippen LogP contribution in [0.2, 0.25) is 0 Å². The maximum Gasteiger partial charge on any atom is 0.207 e. The van der Waals surface area contributed by atoms with Gasteiger partial charge >= 0.3 is 0 Å². The average molecular weight is 341 g/mol. The molecule has 1 heterocycles. The van der Waals surface area contributed by atoms with E-state index in [9.17, 15) is 4.57 Å². The molecule has 0 atom stereocenters. The Morgan fingerprint density at radius 3 is 1.88 bits per heavy atom. The number of nitrogens with zero attached hydrogens (tertiary/aromatic N) is 1. The molecule has 0 unspecified atom stereocenters. The van der Waals surface area contributed by atoms with Crippen LogP contribution in [0.1, 0.15) is 39.0 Å². The van der Waals surface area contributed by atoms with Gasteiger partial charge in [-0.1, -0.05) is 62.6 Å². The summed E-state index contributed by atoms with van der Waals surface area (Å²) in [4.78, 5) is 0. The zero-order valence-electron chi connectivity index (χ0n) is 14.6. The molecule has 2 nitrogen and oxygen atoms in total. The molecule has 3 heteroatoms. The second-order valence-corrected chi connectivity index (χ2v) is 9.54. The summed E-state index contributed by atoms with van der Waals surface area (Å²) in [6.45, 7) is 4.14. The van der Waals surface area contributed by atoms with Crippen LogP contribution in [-0.2, 0) is 4.57 Å². The minimum atomic E-state index is -2.72. The molecule has 2 aromatic rings. The fourth-order valence-corrected chi connectivity index (χ4v) is 6.62. The Kier molecular flexibility index (Phi) is 5.92. The van der Waals surface area contributed by atoms with Crippen molar-refractivity contribution < 1.29 is 4.57 Å². The molecule has 0 N–H and O–H groups in total. The Labute approximate surface area is 146 Å². The lowest BCUT2D eigenvalue weighted by Gasteiger charge is -2.38. The van der Waals surface area contributed by atoms with Crippen molar-refractivity contribution in [3.8, 4) is 0 Å². The molecule has 0 aliphatic carbocycles. The molecule has 1 saturated heterocycles. The fraction of sp³-hybridized carbons (Fsp3) is 0.429. The third kappa shape index (κ3) is 3.66. The van der Waals surface area contributed by atoms with Crippen molar-refractivity contribution in [1.29, 1.82) is 0 Å². The van der Waals surface area contributed by atoms with E-state index in [1.54, 1.807) is 0 Å².